The van der Waals surface area contributed by atoms with Gasteiger partial charge in [-0.1, -0.05) is 13.0 Å². The minimum absolute atomic E-state index is 0.155. The van der Waals surface area contributed by atoms with Crippen LogP contribution >= 0.6 is 0 Å². The summed E-state index contributed by atoms with van der Waals surface area (Å²) < 4.78 is 10.6. The molecule has 18 heavy (non-hydrogen) atoms. The Morgan fingerprint density at radius 3 is 3.06 bits per heavy atom. The van der Waals surface area contributed by atoms with Crippen LogP contribution in [0.2, 0.25) is 0 Å². The zero-order valence-electron chi connectivity index (χ0n) is 10.8. The summed E-state index contributed by atoms with van der Waals surface area (Å²) in [5, 5.41) is 12.8. The van der Waals surface area contributed by atoms with Crippen LogP contribution in [0.5, 0.6) is 5.75 Å². The van der Waals surface area contributed by atoms with Gasteiger partial charge in [0.1, 0.15) is 11.3 Å². The highest BCUT2D eigenvalue weighted by molar-refractivity contribution is 5.52. The smallest absolute Gasteiger partial charge is 0.132 e. The van der Waals surface area contributed by atoms with E-state index in [2.05, 4.69) is 11.4 Å². The molecular formula is C14H18N2O2. The van der Waals surface area contributed by atoms with Gasteiger partial charge < -0.3 is 14.8 Å². The molecule has 1 fully saturated rings. The summed E-state index contributed by atoms with van der Waals surface area (Å²) >= 11 is 0. The van der Waals surface area contributed by atoms with E-state index in [1.165, 1.54) is 0 Å². The zero-order valence-corrected chi connectivity index (χ0v) is 10.8. The molecule has 1 aromatic carbocycles. The Bertz CT molecular complexity index is 455. The van der Waals surface area contributed by atoms with Gasteiger partial charge in [-0.05, 0) is 12.1 Å². The van der Waals surface area contributed by atoms with Gasteiger partial charge in [-0.2, -0.15) is 5.26 Å². The second kappa shape index (κ2) is 5.28. The third-order valence-corrected chi connectivity index (χ3v) is 3.49. The van der Waals surface area contributed by atoms with Crippen molar-refractivity contribution in [2.75, 3.05) is 25.6 Å². The molecule has 4 nitrogen and oxygen atoms in total. The van der Waals surface area contributed by atoms with Crippen LogP contribution in [-0.2, 0) is 4.74 Å². The number of benzene rings is 1. The number of hydrogen-bond acceptors (Lipinski definition) is 4. The molecule has 1 aliphatic rings. The van der Waals surface area contributed by atoms with E-state index < -0.39 is 5.54 Å². The molecule has 0 bridgehead atoms. The SMILES string of the molecule is COc1cccc(NC2(C#N)CCOCC2C)c1. The molecule has 2 unspecified atom stereocenters. The zero-order chi connectivity index (χ0) is 13.0. The Hall–Kier alpha value is -1.73. The lowest BCUT2D eigenvalue weighted by Gasteiger charge is -2.38. The second-order valence-corrected chi connectivity index (χ2v) is 4.67. The van der Waals surface area contributed by atoms with Crippen LogP contribution in [0.3, 0.4) is 0 Å². The Morgan fingerprint density at radius 2 is 2.39 bits per heavy atom. The summed E-state index contributed by atoms with van der Waals surface area (Å²) in [6, 6.07) is 10.1. The van der Waals surface area contributed by atoms with E-state index >= 15 is 0 Å². The molecule has 4 heteroatoms. The van der Waals surface area contributed by atoms with Gasteiger partial charge >= 0.3 is 0 Å². The Labute approximate surface area is 108 Å². The Kier molecular flexibility index (Phi) is 3.73. The molecule has 96 valence electrons. The highest BCUT2D eigenvalue weighted by Crippen LogP contribution is 2.31. The number of ether oxygens (including phenoxy) is 2. The van der Waals surface area contributed by atoms with Crippen molar-refractivity contribution in [1.29, 1.82) is 5.26 Å². The predicted molar refractivity (Wildman–Crippen MR) is 69.6 cm³/mol. The lowest BCUT2D eigenvalue weighted by Crippen LogP contribution is -2.49. The second-order valence-electron chi connectivity index (χ2n) is 4.67. The van der Waals surface area contributed by atoms with Crippen molar-refractivity contribution in [1.82, 2.24) is 0 Å². The number of nitriles is 1. The number of rotatable bonds is 3. The summed E-state index contributed by atoms with van der Waals surface area (Å²) in [5.41, 5.74) is 0.356. The summed E-state index contributed by atoms with van der Waals surface area (Å²) in [5.74, 6) is 0.940. The lowest BCUT2D eigenvalue weighted by atomic mass is 9.82. The monoisotopic (exact) mass is 246 g/mol. The van der Waals surface area contributed by atoms with Crippen molar-refractivity contribution < 1.29 is 9.47 Å². The van der Waals surface area contributed by atoms with Gasteiger partial charge in [0.25, 0.3) is 0 Å². The maximum absolute atomic E-state index is 9.50. The van der Waals surface area contributed by atoms with Crippen LogP contribution in [0.25, 0.3) is 0 Å². The quantitative estimate of drug-likeness (QED) is 0.890. The fourth-order valence-electron chi connectivity index (χ4n) is 2.22. The van der Waals surface area contributed by atoms with Crippen LogP contribution in [-0.4, -0.2) is 25.9 Å². The molecule has 0 radical (unpaired) electrons. The summed E-state index contributed by atoms with van der Waals surface area (Å²) in [6.45, 7) is 3.27. The molecular weight excluding hydrogens is 228 g/mol. The molecule has 1 N–H and O–H groups in total. The first kappa shape index (κ1) is 12.7. The predicted octanol–water partition coefficient (Wildman–Crippen LogP) is 2.43. The van der Waals surface area contributed by atoms with E-state index in [1.54, 1.807) is 7.11 Å². The van der Waals surface area contributed by atoms with E-state index in [4.69, 9.17) is 9.47 Å². The molecule has 0 aliphatic carbocycles. The molecule has 0 saturated carbocycles. The van der Waals surface area contributed by atoms with E-state index in [0.29, 0.717) is 19.6 Å². The molecule has 2 rings (SSSR count). The van der Waals surface area contributed by atoms with Gasteiger partial charge in [0.2, 0.25) is 0 Å². The van der Waals surface area contributed by atoms with Crippen LogP contribution in [0.4, 0.5) is 5.69 Å². The van der Waals surface area contributed by atoms with Crippen LogP contribution in [0.15, 0.2) is 24.3 Å². The minimum Gasteiger partial charge on any atom is -0.497 e. The topological polar surface area (TPSA) is 54.3 Å². The van der Waals surface area contributed by atoms with Crippen molar-refractivity contribution in [3.05, 3.63) is 24.3 Å². The number of nitrogens with zero attached hydrogens (tertiary/aromatic N) is 1. The van der Waals surface area contributed by atoms with Crippen LogP contribution in [0, 0.1) is 17.2 Å². The lowest BCUT2D eigenvalue weighted by molar-refractivity contribution is 0.0351. The number of nitrogens with one attached hydrogen (secondary N) is 1. The molecule has 1 heterocycles. The normalized spacial score (nSPS) is 27.3. The summed E-state index contributed by atoms with van der Waals surface area (Å²) in [7, 11) is 1.64. The molecule has 0 aromatic heterocycles. The molecule has 2 atom stereocenters. The standard InChI is InChI=1S/C14H18N2O2/c1-11-9-18-7-6-14(11,10-15)16-12-4-3-5-13(8-12)17-2/h3-5,8,11,16H,6-7,9H2,1-2H3. The maximum Gasteiger partial charge on any atom is 0.132 e. The molecule has 0 amide bonds. The van der Waals surface area contributed by atoms with Crippen molar-refractivity contribution in [2.24, 2.45) is 5.92 Å². The summed E-state index contributed by atoms with van der Waals surface area (Å²) in [4.78, 5) is 0. The molecule has 0 spiro atoms. The highest BCUT2D eigenvalue weighted by atomic mass is 16.5. The molecule has 1 aliphatic heterocycles. The van der Waals surface area contributed by atoms with Crippen LogP contribution in [0.1, 0.15) is 13.3 Å². The summed E-state index contributed by atoms with van der Waals surface area (Å²) in [6.07, 6.45) is 0.696. The van der Waals surface area contributed by atoms with E-state index in [1.807, 2.05) is 31.2 Å². The van der Waals surface area contributed by atoms with Crippen molar-refractivity contribution in [2.45, 2.75) is 18.9 Å². The third-order valence-electron chi connectivity index (χ3n) is 3.49. The fourth-order valence-corrected chi connectivity index (χ4v) is 2.22. The average Bonchev–Trinajstić information content (AvgIpc) is 2.42. The Morgan fingerprint density at radius 1 is 1.56 bits per heavy atom. The van der Waals surface area contributed by atoms with Crippen molar-refractivity contribution in [3.63, 3.8) is 0 Å². The first-order valence-corrected chi connectivity index (χ1v) is 6.11. The molecule has 1 aromatic rings. The van der Waals surface area contributed by atoms with Gasteiger partial charge in [-0.15, -0.1) is 0 Å². The minimum atomic E-state index is -0.551. The van der Waals surface area contributed by atoms with Crippen molar-refractivity contribution >= 4 is 5.69 Å². The number of methoxy groups -OCH3 is 1. The van der Waals surface area contributed by atoms with E-state index in [0.717, 1.165) is 11.4 Å². The molecule has 1 saturated heterocycles. The van der Waals surface area contributed by atoms with Gasteiger partial charge in [0.15, 0.2) is 0 Å². The van der Waals surface area contributed by atoms with Gasteiger partial charge in [-0.25, -0.2) is 0 Å². The van der Waals surface area contributed by atoms with Crippen LogP contribution < -0.4 is 10.1 Å². The first-order valence-electron chi connectivity index (χ1n) is 6.11. The maximum atomic E-state index is 9.50. The fraction of sp³-hybridized carbons (Fsp3) is 0.500. The van der Waals surface area contributed by atoms with Gasteiger partial charge in [-0.3, -0.25) is 0 Å². The van der Waals surface area contributed by atoms with Gasteiger partial charge in [0.05, 0.1) is 19.8 Å². The van der Waals surface area contributed by atoms with Gasteiger partial charge in [0, 0.05) is 30.7 Å². The average molecular weight is 246 g/mol. The largest absolute Gasteiger partial charge is 0.497 e. The van der Waals surface area contributed by atoms with E-state index in [-0.39, 0.29) is 5.92 Å². The Balaban J connectivity index is 2.21. The first-order chi connectivity index (χ1) is 8.70. The number of anilines is 1. The van der Waals surface area contributed by atoms with E-state index in [9.17, 15) is 5.26 Å². The van der Waals surface area contributed by atoms with Crippen molar-refractivity contribution in [3.8, 4) is 11.8 Å². The third kappa shape index (κ3) is 2.41. The highest BCUT2D eigenvalue weighted by Gasteiger charge is 2.39. The number of hydrogen-bond donors (Lipinski definition) is 1.